The number of imidazole rings is 1. The summed E-state index contributed by atoms with van der Waals surface area (Å²) in [4.78, 5) is 11.4. The minimum atomic E-state index is -4.79. The van der Waals surface area contributed by atoms with E-state index in [1.165, 1.54) is 24.4 Å². The van der Waals surface area contributed by atoms with Crippen molar-refractivity contribution in [3.63, 3.8) is 0 Å². The molecule has 10 heteroatoms. The van der Waals surface area contributed by atoms with Crippen LogP contribution in [-0.4, -0.2) is 40.4 Å². The van der Waals surface area contributed by atoms with Crippen molar-refractivity contribution in [3.8, 4) is 11.3 Å². The topological polar surface area (TPSA) is 45.5 Å². The Bertz CT molecular complexity index is 1430. The predicted molar refractivity (Wildman–Crippen MR) is 152 cm³/mol. The van der Waals surface area contributed by atoms with E-state index in [1.54, 1.807) is 25.4 Å². The van der Waals surface area contributed by atoms with Crippen molar-refractivity contribution in [1.29, 1.82) is 0 Å². The average molecular weight is 572 g/mol. The molecule has 2 heterocycles. The molecule has 41 heavy (non-hydrogen) atoms. The van der Waals surface area contributed by atoms with Gasteiger partial charge in [-0.1, -0.05) is 25.6 Å². The monoisotopic (exact) mass is 571 g/mol. The lowest BCUT2D eigenvalue weighted by molar-refractivity contribution is -0.139. The van der Waals surface area contributed by atoms with Gasteiger partial charge in [-0.2, -0.15) is 13.2 Å². The quantitative estimate of drug-likeness (QED) is 0.172. The van der Waals surface area contributed by atoms with Crippen LogP contribution in [0.4, 0.5) is 22.0 Å². The Balaban J connectivity index is 1.62. The molecule has 1 aromatic heterocycles. The molecular formula is C31H34F5N5. The molecule has 0 bridgehead atoms. The molecule has 218 valence electrons. The van der Waals surface area contributed by atoms with Gasteiger partial charge in [0.05, 0.1) is 11.3 Å². The van der Waals surface area contributed by atoms with Crippen LogP contribution in [0.2, 0.25) is 0 Å². The largest absolute Gasteiger partial charge is 0.419 e. The number of halogens is 5. The lowest BCUT2D eigenvalue weighted by Gasteiger charge is -2.35. The Morgan fingerprint density at radius 1 is 1.12 bits per heavy atom. The van der Waals surface area contributed by atoms with E-state index in [4.69, 9.17) is 4.98 Å². The van der Waals surface area contributed by atoms with Crippen LogP contribution in [0, 0.1) is 11.6 Å². The zero-order valence-electron chi connectivity index (χ0n) is 23.4. The van der Waals surface area contributed by atoms with Crippen LogP contribution in [0.3, 0.4) is 0 Å². The number of amidine groups is 1. The second-order valence-corrected chi connectivity index (χ2v) is 10.0. The van der Waals surface area contributed by atoms with Crippen LogP contribution in [0.25, 0.3) is 16.8 Å². The van der Waals surface area contributed by atoms with Gasteiger partial charge in [-0.25, -0.2) is 18.8 Å². The van der Waals surface area contributed by atoms with Crippen LogP contribution in [-0.2, 0) is 12.7 Å². The first-order valence-corrected chi connectivity index (χ1v) is 13.6. The summed E-state index contributed by atoms with van der Waals surface area (Å²) >= 11 is 0. The summed E-state index contributed by atoms with van der Waals surface area (Å²) < 4.78 is 69.6. The van der Waals surface area contributed by atoms with Crippen LogP contribution >= 0.6 is 0 Å². The van der Waals surface area contributed by atoms with E-state index in [0.717, 1.165) is 67.1 Å². The van der Waals surface area contributed by atoms with E-state index in [2.05, 4.69) is 21.8 Å². The third-order valence-electron chi connectivity index (χ3n) is 7.36. The second-order valence-electron chi connectivity index (χ2n) is 10.0. The molecule has 3 aromatic rings. The highest BCUT2D eigenvalue weighted by molar-refractivity contribution is 6.23. The van der Waals surface area contributed by atoms with Gasteiger partial charge in [0, 0.05) is 61.8 Å². The number of rotatable bonds is 8. The number of hydrogen-bond acceptors (Lipinski definition) is 3. The Kier molecular flexibility index (Phi) is 9.30. The molecular weight excluding hydrogens is 537 g/mol. The first kappa shape index (κ1) is 30.0. The van der Waals surface area contributed by atoms with Crippen LogP contribution in [0.15, 0.2) is 72.1 Å². The SMILES string of the molecule is C=C/N=C(NC)\C(=C(/C)N1CCC(c2nc(-c3ccc(F)c(C(F)(F)F)c3)cn2CCC)CC1)c1ccc(F)cc1. The summed E-state index contributed by atoms with van der Waals surface area (Å²) in [6, 6.07) is 9.29. The van der Waals surface area contributed by atoms with E-state index in [-0.39, 0.29) is 17.3 Å². The van der Waals surface area contributed by atoms with Gasteiger partial charge in [-0.05, 0) is 62.1 Å². The number of piperidine rings is 1. The number of aromatic nitrogens is 2. The van der Waals surface area contributed by atoms with Gasteiger partial charge in [0.1, 0.15) is 23.3 Å². The van der Waals surface area contributed by atoms with Gasteiger partial charge in [0.25, 0.3) is 0 Å². The standard InChI is InChI=1S/C31H34F5N5/c1-5-15-41-19-27(23-9-12-26(33)25(18-23)31(34,35)36)39-30(41)22-13-16-40(17-14-22)20(3)28(29(37-4)38-6-2)21-7-10-24(32)11-8-21/h6-12,18-19,22H,2,5,13-17H2,1,3-4H3,(H,37,38)/b28-20+. The maximum absolute atomic E-state index is 13.9. The predicted octanol–water partition coefficient (Wildman–Crippen LogP) is 7.63. The number of hydrogen-bond donors (Lipinski definition) is 1. The number of likely N-dealkylation sites (tertiary alicyclic amines) is 1. The lowest BCUT2D eigenvalue weighted by atomic mass is 9.94. The van der Waals surface area contributed by atoms with E-state index in [0.29, 0.717) is 18.1 Å². The number of benzene rings is 2. The minimum Gasteiger partial charge on any atom is -0.374 e. The first-order chi connectivity index (χ1) is 19.6. The first-order valence-electron chi connectivity index (χ1n) is 13.6. The van der Waals surface area contributed by atoms with E-state index in [1.807, 2.05) is 18.4 Å². The third kappa shape index (κ3) is 6.69. The molecule has 5 nitrogen and oxygen atoms in total. The summed E-state index contributed by atoms with van der Waals surface area (Å²) in [7, 11) is 1.77. The fourth-order valence-electron chi connectivity index (χ4n) is 5.33. The van der Waals surface area contributed by atoms with Crippen molar-refractivity contribution in [2.75, 3.05) is 20.1 Å². The molecule has 1 saturated heterocycles. The van der Waals surface area contributed by atoms with Crippen LogP contribution in [0.5, 0.6) is 0 Å². The molecule has 0 amide bonds. The number of nitrogens with zero attached hydrogens (tertiary/aromatic N) is 4. The Morgan fingerprint density at radius 3 is 2.39 bits per heavy atom. The van der Waals surface area contributed by atoms with Crippen molar-refractivity contribution >= 4 is 11.4 Å². The number of alkyl halides is 3. The van der Waals surface area contributed by atoms with Gasteiger partial charge in [-0.15, -0.1) is 0 Å². The fourth-order valence-corrected chi connectivity index (χ4v) is 5.33. The van der Waals surface area contributed by atoms with Crippen molar-refractivity contribution in [1.82, 2.24) is 19.8 Å². The fraction of sp³-hybridized carbons (Fsp3) is 0.355. The van der Waals surface area contributed by atoms with E-state index >= 15 is 0 Å². The van der Waals surface area contributed by atoms with Crippen LogP contribution < -0.4 is 5.32 Å². The third-order valence-corrected chi connectivity index (χ3v) is 7.36. The van der Waals surface area contributed by atoms with Crippen LogP contribution in [0.1, 0.15) is 56.0 Å². The molecule has 1 aliphatic rings. The molecule has 0 unspecified atom stereocenters. The van der Waals surface area contributed by atoms with Crippen molar-refractivity contribution < 1.29 is 22.0 Å². The molecule has 1 N–H and O–H groups in total. The highest BCUT2D eigenvalue weighted by atomic mass is 19.4. The number of nitrogens with one attached hydrogen (secondary N) is 1. The molecule has 0 saturated carbocycles. The summed E-state index contributed by atoms with van der Waals surface area (Å²) in [5, 5.41) is 3.12. The summed E-state index contributed by atoms with van der Waals surface area (Å²) in [5.74, 6) is -0.0853. The number of aliphatic imine (C=N–C) groups is 1. The Morgan fingerprint density at radius 2 is 1.80 bits per heavy atom. The summed E-state index contributed by atoms with van der Waals surface area (Å²) in [6.07, 6.45) is 0.818. The maximum Gasteiger partial charge on any atom is 0.419 e. The van der Waals surface area contributed by atoms with Gasteiger partial charge in [0.15, 0.2) is 0 Å². The Labute approximate surface area is 237 Å². The minimum absolute atomic E-state index is 0.0989. The molecule has 0 spiro atoms. The number of likely N-dealkylation sites (N-methyl/N-ethyl adjacent to an activating group) is 1. The Hall–Kier alpha value is -3.95. The van der Waals surface area contributed by atoms with Crippen molar-refractivity contribution in [2.24, 2.45) is 4.99 Å². The van der Waals surface area contributed by atoms with Crippen molar-refractivity contribution in [3.05, 3.63) is 95.7 Å². The molecule has 1 aliphatic heterocycles. The molecule has 2 aromatic carbocycles. The zero-order valence-corrected chi connectivity index (χ0v) is 23.4. The van der Waals surface area contributed by atoms with Crippen molar-refractivity contribution in [2.45, 2.75) is 51.7 Å². The second kappa shape index (κ2) is 12.7. The lowest BCUT2D eigenvalue weighted by Crippen LogP contribution is -2.34. The smallest absolute Gasteiger partial charge is 0.374 e. The zero-order chi connectivity index (χ0) is 29.7. The van der Waals surface area contributed by atoms with E-state index in [9.17, 15) is 22.0 Å². The normalized spacial score (nSPS) is 15.6. The van der Waals surface area contributed by atoms with Gasteiger partial charge in [0.2, 0.25) is 0 Å². The molecule has 0 aliphatic carbocycles. The highest BCUT2D eigenvalue weighted by Crippen LogP contribution is 2.36. The summed E-state index contributed by atoms with van der Waals surface area (Å²) in [5.41, 5.74) is 1.98. The summed E-state index contributed by atoms with van der Waals surface area (Å²) in [6.45, 7) is 9.86. The molecule has 4 rings (SSSR count). The molecule has 0 radical (unpaired) electrons. The average Bonchev–Trinajstić information content (AvgIpc) is 3.37. The highest BCUT2D eigenvalue weighted by Gasteiger charge is 2.35. The maximum atomic E-state index is 13.9. The van der Waals surface area contributed by atoms with Gasteiger partial charge in [-0.3, -0.25) is 0 Å². The number of allylic oxidation sites excluding steroid dienone is 1. The van der Waals surface area contributed by atoms with E-state index < -0.39 is 17.6 Å². The van der Waals surface area contributed by atoms with Gasteiger partial charge >= 0.3 is 6.18 Å². The van der Waals surface area contributed by atoms with Gasteiger partial charge < -0.3 is 14.8 Å². The molecule has 1 fully saturated rings. The number of aryl methyl sites for hydroxylation is 1. The molecule has 0 atom stereocenters.